The zero-order chi connectivity index (χ0) is 22.9. The van der Waals surface area contributed by atoms with Crippen LogP contribution in [0, 0.1) is 5.92 Å². The minimum absolute atomic E-state index is 0.0195. The molecule has 7 nitrogen and oxygen atoms in total. The van der Waals surface area contributed by atoms with E-state index in [1.54, 1.807) is 4.90 Å². The van der Waals surface area contributed by atoms with Crippen LogP contribution in [0.2, 0.25) is 0 Å². The van der Waals surface area contributed by atoms with Crippen molar-refractivity contribution in [2.75, 3.05) is 19.7 Å². The molecule has 1 aliphatic heterocycles. The van der Waals surface area contributed by atoms with Crippen LogP contribution in [0.5, 0.6) is 0 Å². The van der Waals surface area contributed by atoms with Gasteiger partial charge < -0.3 is 19.3 Å². The van der Waals surface area contributed by atoms with Gasteiger partial charge in [0.05, 0.1) is 5.56 Å². The molecule has 2 aromatic carbocycles. The van der Waals surface area contributed by atoms with E-state index in [1.165, 1.54) is 39.1 Å². The molecule has 1 amide bonds. The molecule has 1 saturated heterocycles. The van der Waals surface area contributed by atoms with Crippen LogP contribution in [0.1, 0.15) is 33.8 Å². The Bertz CT molecular complexity index is 1240. The summed E-state index contributed by atoms with van der Waals surface area (Å²) in [5.74, 6) is -0.994. The molecule has 3 aromatic rings. The molecule has 1 fully saturated rings. The molecule has 0 radical (unpaired) electrons. The molecule has 33 heavy (non-hydrogen) atoms. The van der Waals surface area contributed by atoms with Crippen molar-refractivity contribution < 1.29 is 19.4 Å². The highest BCUT2D eigenvalue weighted by atomic mass is 16.6. The van der Waals surface area contributed by atoms with E-state index >= 15 is 0 Å². The van der Waals surface area contributed by atoms with E-state index in [9.17, 15) is 14.4 Å². The maximum Gasteiger partial charge on any atom is 0.409 e. The number of benzene rings is 2. The van der Waals surface area contributed by atoms with Gasteiger partial charge in [0, 0.05) is 37.8 Å². The van der Waals surface area contributed by atoms with Gasteiger partial charge in [0.2, 0.25) is 0 Å². The van der Waals surface area contributed by atoms with Crippen molar-refractivity contribution >= 4 is 12.1 Å². The van der Waals surface area contributed by atoms with Crippen LogP contribution < -0.4 is 5.56 Å². The summed E-state index contributed by atoms with van der Waals surface area (Å²) in [4.78, 5) is 37.7. The van der Waals surface area contributed by atoms with Crippen LogP contribution in [0.4, 0.5) is 4.79 Å². The molecular weight excluding hydrogens is 420 g/mol. The number of amides is 1. The van der Waals surface area contributed by atoms with Gasteiger partial charge in [-0.2, -0.15) is 0 Å². The maximum atomic E-state index is 12.8. The van der Waals surface area contributed by atoms with Gasteiger partial charge in [-0.25, -0.2) is 9.59 Å². The molecule has 1 unspecified atom stereocenters. The SMILES string of the molecule is O=C(O)c1ccn(CC2CCN(C(=O)OCC3c4ccccc4-c4ccccc43)C2)c(=O)c1. The van der Waals surface area contributed by atoms with Gasteiger partial charge >= 0.3 is 12.1 Å². The van der Waals surface area contributed by atoms with Crippen molar-refractivity contribution in [1.82, 2.24) is 9.47 Å². The van der Waals surface area contributed by atoms with Crippen molar-refractivity contribution in [3.8, 4) is 11.1 Å². The van der Waals surface area contributed by atoms with Crippen LogP contribution in [-0.4, -0.2) is 46.3 Å². The molecule has 1 aromatic heterocycles. The molecule has 5 rings (SSSR count). The fraction of sp³-hybridized carbons (Fsp3) is 0.269. The molecular formula is C26H24N2O5. The number of pyridine rings is 1. The van der Waals surface area contributed by atoms with Gasteiger partial charge in [-0.15, -0.1) is 0 Å². The highest BCUT2D eigenvalue weighted by molar-refractivity contribution is 5.87. The van der Waals surface area contributed by atoms with E-state index in [-0.39, 0.29) is 35.7 Å². The number of nitrogens with zero attached hydrogens (tertiary/aromatic N) is 2. The van der Waals surface area contributed by atoms with Crippen LogP contribution in [0.15, 0.2) is 71.7 Å². The number of carboxylic acids is 1. The van der Waals surface area contributed by atoms with E-state index in [4.69, 9.17) is 9.84 Å². The number of hydrogen-bond acceptors (Lipinski definition) is 4. The number of hydrogen-bond donors (Lipinski definition) is 1. The number of fused-ring (bicyclic) bond motifs is 3. The topological polar surface area (TPSA) is 88.8 Å². The first kappa shape index (κ1) is 21.0. The third kappa shape index (κ3) is 4.02. The van der Waals surface area contributed by atoms with E-state index < -0.39 is 5.97 Å². The van der Waals surface area contributed by atoms with E-state index in [1.807, 2.05) is 24.3 Å². The molecule has 1 aliphatic carbocycles. The Kier molecular flexibility index (Phi) is 5.46. The third-order valence-corrected chi connectivity index (χ3v) is 6.58. The second kappa shape index (κ2) is 8.58. The van der Waals surface area contributed by atoms with Crippen LogP contribution >= 0.6 is 0 Å². The minimum Gasteiger partial charge on any atom is -0.478 e. The van der Waals surface area contributed by atoms with Crippen LogP contribution in [0.3, 0.4) is 0 Å². The van der Waals surface area contributed by atoms with E-state index in [2.05, 4.69) is 24.3 Å². The molecule has 2 aliphatic rings. The highest BCUT2D eigenvalue weighted by Gasteiger charge is 2.31. The van der Waals surface area contributed by atoms with Crippen molar-refractivity contribution in [1.29, 1.82) is 0 Å². The number of ether oxygens (including phenoxy) is 1. The number of aromatic carboxylic acids is 1. The number of carbonyl (C=O) groups is 2. The molecule has 0 spiro atoms. The molecule has 168 valence electrons. The first-order chi connectivity index (χ1) is 16.0. The maximum absolute atomic E-state index is 12.8. The lowest BCUT2D eigenvalue weighted by atomic mass is 9.98. The number of aromatic nitrogens is 1. The lowest BCUT2D eigenvalue weighted by Crippen LogP contribution is -2.31. The Morgan fingerprint density at radius 3 is 2.30 bits per heavy atom. The summed E-state index contributed by atoms with van der Waals surface area (Å²) in [6, 6.07) is 19.0. The summed E-state index contributed by atoms with van der Waals surface area (Å²) >= 11 is 0. The molecule has 0 bridgehead atoms. The Hall–Kier alpha value is -3.87. The summed E-state index contributed by atoms with van der Waals surface area (Å²) in [6.07, 6.45) is 1.92. The van der Waals surface area contributed by atoms with E-state index in [0.717, 1.165) is 12.5 Å². The molecule has 1 atom stereocenters. The fourth-order valence-electron chi connectivity index (χ4n) is 4.90. The second-order valence-electron chi connectivity index (χ2n) is 8.62. The Balaban J connectivity index is 1.21. The van der Waals surface area contributed by atoms with Crippen molar-refractivity contribution in [3.05, 3.63) is 93.9 Å². The van der Waals surface area contributed by atoms with E-state index in [0.29, 0.717) is 19.6 Å². The molecule has 1 N–H and O–H groups in total. The molecule has 7 heteroatoms. The van der Waals surface area contributed by atoms with Gasteiger partial charge in [0.25, 0.3) is 5.56 Å². The Morgan fingerprint density at radius 2 is 1.67 bits per heavy atom. The number of rotatable bonds is 5. The summed E-state index contributed by atoms with van der Waals surface area (Å²) < 4.78 is 7.24. The zero-order valence-electron chi connectivity index (χ0n) is 18.0. The monoisotopic (exact) mass is 444 g/mol. The lowest BCUT2D eigenvalue weighted by Gasteiger charge is -2.19. The normalized spacial score (nSPS) is 17.0. The number of carbonyl (C=O) groups excluding carboxylic acids is 1. The van der Waals surface area contributed by atoms with Crippen molar-refractivity contribution in [2.24, 2.45) is 5.92 Å². The summed E-state index contributed by atoms with van der Waals surface area (Å²) in [6.45, 7) is 1.79. The van der Waals surface area contributed by atoms with Gasteiger partial charge in [-0.05, 0) is 40.7 Å². The van der Waals surface area contributed by atoms with Gasteiger partial charge in [-0.3, -0.25) is 4.79 Å². The first-order valence-corrected chi connectivity index (χ1v) is 11.0. The summed E-state index contributed by atoms with van der Waals surface area (Å²) in [5.41, 5.74) is 4.35. The quantitative estimate of drug-likeness (QED) is 0.646. The summed E-state index contributed by atoms with van der Waals surface area (Å²) in [7, 11) is 0. The smallest absolute Gasteiger partial charge is 0.409 e. The third-order valence-electron chi connectivity index (χ3n) is 6.58. The van der Waals surface area contributed by atoms with Crippen molar-refractivity contribution in [3.63, 3.8) is 0 Å². The van der Waals surface area contributed by atoms with Gasteiger partial charge in [0.1, 0.15) is 6.61 Å². The standard InChI is InChI=1S/C26H24N2O5/c29-24-13-18(25(30)31)10-12-27(24)14-17-9-11-28(15-17)26(32)33-16-23-21-7-3-1-5-19(21)20-6-2-4-8-22(20)23/h1-8,10,12-13,17,23H,9,11,14-16H2,(H,30,31). The van der Waals surface area contributed by atoms with Crippen molar-refractivity contribution in [2.45, 2.75) is 18.9 Å². The minimum atomic E-state index is -1.12. The predicted octanol–water partition coefficient (Wildman–Crippen LogP) is 3.82. The average Bonchev–Trinajstić information content (AvgIpc) is 3.42. The lowest BCUT2D eigenvalue weighted by molar-refractivity contribution is 0.0696. The number of likely N-dealkylation sites (tertiary alicyclic amines) is 1. The van der Waals surface area contributed by atoms with Gasteiger partial charge in [-0.1, -0.05) is 48.5 Å². The molecule has 2 heterocycles. The first-order valence-electron chi connectivity index (χ1n) is 11.0. The van der Waals surface area contributed by atoms with Gasteiger partial charge in [0.15, 0.2) is 0 Å². The second-order valence-corrected chi connectivity index (χ2v) is 8.62. The average molecular weight is 444 g/mol. The Labute approximate surface area is 190 Å². The predicted molar refractivity (Wildman–Crippen MR) is 122 cm³/mol. The Morgan fingerprint density at radius 1 is 1.00 bits per heavy atom. The van der Waals surface area contributed by atoms with Crippen LogP contribution in [0.25, 0.3) is 11.1 Å². The molecule has 0 saturated carbocycles. The largest absolute Gasteiger partial charge is 0.478 e. The van der Waals surface area contributed by atoms with Crippen LogP contribution in [-0.2, 0) is 11.3 Å². The summed E-state index contributed by atoms with van der Waals surface area (Å²) in [5, 5.41) is 9.01. The number of carboxylic acid groups (broad SMARTS) is 1. The zero-order valence-corrected chi connectivity index (χ0v) is 18.0. The fourth-order valence-corrected chi connectivity index (χ4v) is 4.90. The highest BCUT2D eigenvalue weighted by Crippen LogP contribution is 2.44.